The second-order valence-corrected chi connectivity index (χ2v) is 24.0. The number of rotatable bonds is 24. The van der Waals surface area contributed by atoms with E-state index in [4.69, 9.17) is 53.4 Å². The lowest BCUT2D eigenvalue weighted by molar-refractivity contribution is -0.142. The Morgan fingerprint density at radius 3 is 1.52 bits per heavy atom. The zero-order valence-electron chi connectivity index (χ0n) is 49.4. The molecule has 2 amide bonds. The van der Waals surface area contributed by atoms with Crippen molar-refractivity contribution in [2.24, 2.45) is 29.4 Å². The number of nitrogens with one attached hydrogen (secondary N) is 1. The number of hydrogen-bond donors (Lipinski definition) is 8. The number of nitrogens with two attached hydrogens (primary N) is 1. The number of unbranched alkanes of at least 4 members (excludes halogenated alkanes) is 2. The minimum absolute atomic E-state index is 0. The molecule has 2 saturated heterocycles. The van der Waals surface area contributed by atoms with Crippen LogP contribution in [-0.4, -0.2) is 156 Å². The van der Waals surface area contributed by atoms with Crippen LogP contribution in [0.3, 0.4) is 0 Å². The highest BCUT2D eigenvalue weighted by Gasteiger charge is 2.47. The number of likely N-dealkylation sites (tertiary alicyclic amines) is 2. The second-order valence-electron chi connectivity index (χ2n) is 23.2. The Bertz CT molecular complexity index is 2660. The molecule has 4 aliphatic rings. The van der Waals surface area contributed by atoms with Gasteiger partial charge in [-0.25, -0.2) is 0 Å². The first-order valence-corrected chi connectivity index (χ1v) is 31.0. The summed E-state index contributed by atoms with van der Waals surface area (Å²) in [6.45, 7) is 7.79. The number of nitrogens with zero attached hydrogens (tertiary/aromatic N) is 2. The maximum absolute atomic E-state index is 13.7. The lowest BCUT2D eigenvalue weighted by Crippen LogP contribution is -2.49. The van der Waals surface area contributed by atoms with Gasteiger partial charge in [0, 0.05) is 117 Å². The molecule has 0 radical (unpaired) electrons. The van der Waals surface area contributed by atoms with Gasteiger partial charge in [-0.2, -0.15) is 0 Å². The summed E-state index contributed by atoms with van der Waals surface area (Å²) < 4.78 is 10.6. The molecule has 0 bridgehead atoms. The van der Waals surface area contributed by atoms with Crippen LogP contribution in [0.5, 0.6) is 0 Å². The van der Waals surface area contributed by atoms with Crippen LogP contribution < -0.4 is 11.1 Å². The molecule has 2 heterocycles. The largest absolute Gasteiger partial charge is 0.395 e. The third-order valence-corrected chi connectivity index (χ3v) is 18.4. The third-order valence-electron chi connectivity index (χ3n) is 17.7. The Morgan fingerprint density at radius 1 is 0.679 bits per heavy atom. The molecule has 15 nitrogen and oxygen atoms in total. The van der Waals surface area contributed by atoms with Gasteiger partial charge in [-0.3, -0.25) is 9.59 Å². The smallest absolute Gasteiger partial charge is 0.225 e. The molecule has 2 unspecified atom stereocenters. The molecular formula is C67H98Cl2N4O11. The monoisotopic (exact) mass is 1200 g/mol. The van der Waals surface area contributed by atoms with Crippen molar-refractivity contribution in [3.63, 3.8) is 0 Å². The number of amides is 2. The zero-order chi connectivity index (χ0) is 60.1. The number of aldehydes is 1. The molecule has 2 saturated carbocycles. The summed E-state index contributed by atoms with van der Waals surface area (Å²) in [5, 5.41) is 67.1. The van der Waals surface area contributed by atoms with E-state index in [1.165, 1.54) is 11.1 Å². The Hall–Kier alpha value is -4.33. The summed E-state index contributed by atoms with van der Waals surface area (Å²) in [6.07, 6.45) is 10.5. The first-order chi connectivity index (χ1) is 40.0. The van der Waals surface area contributed by atoms with Crippen LogP contribution in [0.2, 0.25) is 10.0 Å². The molecule has 0 spiro atoms. The quantitative estimate of drug-likeness (QED) is 0.0242. The van der Waals surface area contributed by atoms with Gasteiger partial charge in [0.25, 0.3) is 0 Å². The first kappa shape index (κ1) is 70.4. The number of aliphatic hydroxyl groups excluding tert-OH is 4. The van der Waals surface area contributed by atoms with Crippen molar-refractivity contribution in [2.45, 2.75) is 160 Å². The molecule has 4 fully saturated rings. The second kappa shape index (κ2) is 34.9. The van der Waals surface area contributed by atoms with Crippen LogP contribution in [0.25, 0.3) is 22.3 Å². The van der Waals surface area contributed by atoms with Crippen LogP contribution in [0.4, 0.5) is 0 Å². The minimum atomic E-state index is -1.18. The van der Waals surface area contributed by atoms with E-state index in [9.17, 15) is 30.0 Å². The number of methoxy groups -OCH3 is 2. The molecule has 84 heavy (non-hydrogen) atoms. The highest BCUT2D eigenvalue weighted by atomic mass is 35.5. The molecule has 2 aliphatic carbocycles. The number of carbonyl (C=O) groups is 3. The number of hydrogen-bond acceptors (Lipinski definition) is 13. The lowest BCUT2D eigenvalue weighted by atomic mass is 9.72. The van der Waals surface area contributed by atoms with E-state index >= 15 is 0 Å². The van der Waals surface area contributed by atoms with Crippen molar-refractivity contribution < 1.29 is 54.5 Å². The van der Waals surface area contributed by atoms with Crippen molar-refractivity contribution >= 4 is 41.3 Å². The maximum atomic E-state index is 13.7. The van der Waals surface area contributed by atoms with Gasteiger partial charge in [0.1, 0.15) is 6.29 Å². The number of piperidine rings is 2. The van der Waals surface area contributed by atoms with Gasteiger partial charge in [0.2, 0.25) is 11.8 Å². The summed E-state index contributed by atoms with van der Waals surface area (Å²) in [6, 6.07) is 27.8. The highest BCUT2D eigenvalue weighted by molar-refractivity contribution is 6.34. The van der Waals surface area contributed by atoms with Crippen molar-refractivity contribution in [1.29, 1.82) is 0 Å². The number of ether oxygens (including phenoxy) is 2. The fourth-order valence-electron chi connectivity index (χ4n) is 13.2. The van der Waals surface area contributed by atoms with E-state index in [0.29, 0.717) is 101 Å². The van der Waals surface area contributed by atoms with Crippen LogP contribution in [0.1, 0.15) is 133 Å². The standard InChI is InChI=1S/C33H47ClN2O5.C31H43ClN2O4.C2H4O2.CH4/c1-3-23-9-6-10-24(19-23)31-27(12-7-13-28(31)34)33(40,14-4-5-18-41-2)26-11-8-16-36(22-26)32(39)25-20-29(30(38)21-25)35-15-17-37;1-3-21-9-6-10-22(17-21)29-25(12-7-13-26(29)32)31(37,14-4-5-16-38-2)24-11-8-15-34(20-24)30(36)23-18-27(33)28(35)19-23;3-1-2-4;/h6-7,9-10,12-13,19,25-26,29-30,35,37-38,40H,3-5,8,11,14-18,20-22H2,1-2H3;6-7,9-10,12-13,17,23-24,27-28,35,37H,3-5,8,11,14-16,18-20,33H2,1-2H3;1,4H,2H2;1H4/t25-,26+,29+,30-,33?;23-,24+,27+,28-,31?;;/m00../s1. The molecule has 2 aliphatic heterocycles. The van der Waals surface area contributed by atoms with E-state index in [-0.39, 0.29) is 68.2 Å². The van der Waals surface area contributed by atoms with Crippen LogP contribution in [0, 0.1) is 23.7 Å². The topological polar surface area (TPSA) is 236 Å². The van der Waals surface area contributed by atoms with Gasteiger partial charge in [-0.1, -0.05) is 117 Å². The van der Waals surface area contributed by atoms with Crippen molar-refractivity contribution in [3.8, 4) is 22.3 Å². The molecule has 9 N–H and O–H groups in total. The fraction of sp³-hybridized carbons (Fsp3) is 0.597. The highest BCUT2D eigenvalue weighted by Crippen LogP contribution is 2.48. The van der Waals surface area contributed by atoms with Crippen LogP contribution >= 0.6 is 23.2 Å². The van der Waals surface area contributed by atoms with E-state index in [0.717, 1.165) is 97.6 Å². The van der Waals surface area contributed by atoms with Crippen molar-refractivity contribution in [1.82, 2.24) is 15.1 Å². The van der Waals surface area contributed by atoms with E-state index in [2.05, 4.69) is 55.6 Å². The molecule has 8 rings (SSSR count). The third kappa shape index (κ3) is 18.1. The molecule has 0 aromatic heterocycles. The Kier molecular flexibility index (Phi) is 29.2. The van der Waals surface area contributed by atoms with Crippen molar-refractivity contribution in [3.05, 3.63) is 117 Å². The molecule has 10 atom stereocenters. The van der Waals surface area contributed by atoms with Gasteiger partial charge in [-0.15, -0.1) is 0 Å². The lowest BCUT2D eigenvalue weighted by Gasteiger charge is -2.44. The summed E-state index contributed by atoms with van der Waals surface area (Å²) in [4.78, 5) is 39.9. The van der Waals surface area contributed by atoms with E-state index in [1.54, 1.807) is 14.2 Å². The number of aliphatic hydroxyl groups is 6. The summed E-state index contributed by atoms with van der Waals surface area (Å²) >= 11 is 13.7. The number of benzene rings is 4. The van der Waals surface area contributed by atoms with Gasteiger partial charge in [0.15, 0.2) is 0 Å². The van der Waals surface area contributed by atoms with Gasteiger partial charge >= 0.3 is 0 Å². The van der Waals surface area contributed by atoms with Crippen LogP contribution in [-0.2, 0) is 47.9 Å². The molecule has 4 aromatic rings. The summed E-state index contributed by atoms with van der Waals surface area (Å²) in [5.41, 5.74) is 11.4. The zero-order valence-corrected chi connectivity index (χ0v) is 50.9. The number of halogens is 2. The Morgan fingerprint density at radius 2 is 1.12 bits per heavy atom. The summed E-state index contributed by atoms with van der Waals surface area (Å²) in [7, 11) is 3.38. The minimum Gasteiger partial charge on any atom is -0.395 e. The molecule has 4 aromatic carbocycles. The SMILES string of the molecule is C.CCc1cccc(-c2c(Cl)cccc2C(O)(CCCCOC)[C@@H]2CCCN(C(=O)[C@@H]3C[C@H](O)[C@H](NCCO)C3)C2)c1.CCc1cccc(-c2c(Cl)cccc2C(O)(CCCCOC)[C@@H]2CCCN(C(=O)[C@H]3C[C@@H](N)[C@@H](O)C3)C2)c1.O=CCO. The average molecular weight is 1210 g/mol. The van der Waals surface area contributed by atoms with Gasteiger partial charge < -0.3 is 65.8 Å². The predicted molar refractivity (Wildman–Crippen MR) is 335 cm³/mol. The Labute approximate surface area is 510 Å². The van der Waals surface area contributed by atoms with Crippen molar-refractivity contribution in [2.75, 3.05) is 73.4 Å². The molecule has 466 valence electrons. The average Bonchev–Trinajstić information content (AvgIpc) is 1.38. The fourth-order valence-corrected chi connectivity index (χ4v) is 13.8. The first-order valence-electron chi connectivity index (χ1n) is 30.3. The summed E-state index contributed by atoms with van der Waals surface area (Å²) in [5.74, 6) is -0.741. The van der Waals surface area contributed by atoms with Gasteiger partial charge in [0.05, 0.1) is 36.6 Å². The normalized spacial score (nSPS) is 23.7. The van der Waals surface area contributed by atoms with Gasteiger partial charge in [-0.05, 0) is 148 Å². The predicted octanol–water partition coefficient (Wildman–Crippen LogP) is 9.26. The van der Waals surface area contributed by atoms with E-state index < -0.39 is 23.4 Å². The Balaban J connectivity index is 0.000000286. The molecule has 17 heteroatoms. The number of aryl methyl sites for hydroxylation is 2. The van der Waals surface area contributed by atoms with Crippen LogP contribution in [0.15, 0.2) is 84.9 Å². The molecular weight excluding hydrogens is 1110 g/mol. The number of carbonyl (C=O) groups excluding carboxylic acids is 3. The van der Waals surface area contributed by atoms with E-state index in [1.807, 2.05) is 58.3 Å². The maximum Gasteiger partial charge on any atom is 0.225 e.